The molecule has 1 aliphatic rings. The lowest BCUT2D eigenvalue weighted by molar-refractivity contribution is -0.140. The number of carbonyl (C=O) groups is 2. The van der Waals surface area contributed by atoms with E-state index in [-0.39, 0.29) is 29.2 Å². The highest BCUT2D eigenvalue weighted by Crippen LogP contribution is 2.31. The summed E-state index contributed by atoms with van der Waals surface area (Å²) in [5, 5.41) is 3.59. The number of aryl methyl sites for hydroxylation is 1. The molecule has 2 aromatic carbocycles. The number of hydrogen-bond acceptors (Lipinski definition) is 4. The number of carbonyl (C=O) groups excluding carboxylic acids is 2. The van der Waals surface area contributed by atoms with Crippen molar-refractivity contribution < 1.29 is 18.0 Å². The van der Waals surface area contributed by atoms with Crippen molar-refractivity contribution in [3.8, 4) is 0 Å². The van der Waals surface area contributed by atoms with E-state index in [0.717, 1.165) is 53.8 Å². The quantitative estimate of drug-likeness (QED) is 0.420. The Kier molecular flexibility index (Phi) is 10.3. The van der Waals surface area contributed by atoms with Crippen LogP contribution in [0, 0.1) is 6.92 Å². The van der Waals surface area contributed by atoms with Crippen LogP contribution in [0.3, 0.4) is 0 Å². The Bertz CT molecular complexity index is 1220. The van der Waals surface area contributed by atoms with E-state index in [0.29, 0.717) is 11.4 Å². The molecule has 0 radical (unpaired) electrons. The molecule has 7 nitrogen and oxygen atoms in total. The van der Waals surface area contributed by atoms with Crippen LogP contribution in [0.5, 0.6) is 0 Å². The average Bonchev–Trinajstić information content (AvgIpc) is 2.84. The molecule has 0 heterocycles. The number of nitrogens with zero attached hydrogens (tertiary/aromatic N) is 2. The Hall–Kier alpha value is -2.29. The maximum absolute atomic E-state index is 13.8. The molecule has 1 saturated carbocycles. The van der Waals surface area contributed by atoms with Gasteiger partial charge in [0.25, 0.3) is 0 Å². The molecular weight excluding hydrogens is 533 g/mol. The number of halogens is 2. The Balaban J connectivity index is 1.94. The van der Waals surface area contributed by atoms with Crippen LogP contribution in [-0.2, 0) is 26.2 Å². The number of nitrogens with one attached hydrogen (secondary N) is 1. The molecule has 1 N–H and O–H groups in total. The smallest absolute Gasteiger partial charge is 0.244 e. The maximum Gasteiger partial charge on any atom is 0.244 e. The maximum atomic E-state index is 13.8. The first-order chi connectivity index (χ1) is 17.5. The summed E-state index contributed by atoms with van der Waals surface area (Å²) in [7, 11) is -3.88. The van der Waals surface area contributed by atoms with Crippen molar-refractivity contribution >= 4 is 50.7 Å². The Morgan fingerprint density at radius 2 is 1.76 bits per heavy atom. The summed E-state index contributed by atoms with van der Waals surface area (Å²) in [6.45, 7) is 3.47. The first kappa shape index (κ1) is 29.3. The van der Waals surface area contributed by atoms with Gasteiger partial charge in [-0.1, -0.05) is 73.7 Å². The van der Waals surface area contributed by atoms with Crippen molar-refractivity contribution in [3.05, 3.63) is 63.6 Å². The molecule has 0 bridgehead atoms. The van der Waals surface area contributed by atoms with E-state index in [1.54, 1.807) is 0 Å². The lowest BCUT2D eigenvalue weighted by Gasteiger charge is -2.34. The number of anilines is 1. The van der Waals surface area contributed by atoms with Crippen LogP contribution < -0.4 is 9.62 Å². The highest BCUT2D eigenvalue weighted by atomic mass is 35.5. The molecule has 0 saturated heterocycles. The van der Waals surface area contributed by atoms with E-state index in [4.69, 9.17) is 23.2 Å². The fourth-order valence-electron chi connectivity index (χ4n) is 4.71. The first-order valence-electron chi connectivity index (χ1n) is 12.6. The molecule has 10 heteroatoms. The molecular formula is C27H35Cl2N3O4S. The second-order valence-corrected chi connectivity index (χ2v) is 12.3. The standard InChI is InChI=1S/C27H35Cl2N3O4S/c1-4-24(27(34)30-22-12-6-5-7-13-22)31(17-20-11-9-8-10-19(20)2)26(33)18-32(37(3,35)36)25-15-14-21(28)16-23(25)29/h8-11,14-16,22,24H,4-7,12-13,17-18H2,1-3H3,(H,30,34)/t24-/m0/s1. The van der Waals surface area contributed by atoms with E-state index in [1.165, 1.54) is 23.1 Å². The van der Waals surface area contributed by atoms with E-state index >= 15 is 0 Å². The number of rotatable bonds is 10. The highest BCUT2D eigenvalue weighted by Gasteiger charge is 2.33. The zero-order valence-electron chi connectivity index (χ0n) is 21.5. The third-order valence-corrected chi connectivity index (χ3v) is 8.46. The van der Waals surface area contributed by atoms with Crippen molar-refractivity contribution in [2.24, 2.45) is 0 Å². The first-order valence-corrected chi connectivity index (χ1v) is 15.2. The molecule has 37 heavy (non-hydrogen) atoms. The Morgan fingerprint density at radius 3 is 2.35 bits per heavy atom. The van der Waals surface area contributed by atoms with Crippen LogP contribution in [-0.4, -0.2) is 50.0 Å². The molecule has 2 amide bonds. The lowest BCUT2D eigenvalue weighted by atomic mass is 9.95. The lowest BCUT2D eigenvalue weighted by Crippen LogP contribution is -2.54. The van der Waals surface area contributed by atoms with E-state index < -0.39 is 28.5 Å². The summed E-state index contributed by atoms with van der Waals surface area (Å²) in [5.41, 5.74) is 2.01. The van der Waals surface area contributed by atoms with E-state index in [2.05, 4.69) is 5.32 Å². The largest absolute Gasteiger partial charge is 0.352 e. The van der Waals surface area contributed by atoms with Gasteiger partial charge in [0.15, 0.2) is 0 Å². The molecule has 202 valence electrons. The zero-order chi connectivity index (χ0) is 27.2. The monoisotopic (exact) mass is 567 g/mol. The fraction of sp³-hybridized carbons (Fsp3) is 0.481. The summed E-state index contributed by atoms with van der Waals surface area (Å²) in [6.07, 6.45) is 6.55. The highest BCUT2D eigenvalue weighted by molar-refractivity contribution is 7.92. The summed E-state index contributed by atoms with van der Waals surface area (Å²) in [5.74, 6) is -0.711. The summed E-state index contributed by atoms with van der Waals surface area (Å²) in [6, 6.07) is 11.4. The molecule has 0 aromatic heterocycles. The topological polar surface area (TPSA) is 86.8 Å². The molecule has 1 aliphatic carbocycles. The molecule has 1 fully saturated rings. The van der Waals surface area contributed by atoms with Crippen LogP contribution in [0.15, 0.2) is 42.5 Å². The van der Waals surface area contributed by atoms with Gasteiger partial charge >= 0.3 is 0 Å². The summed E-state index contributed by atoms with van der Waals surface area (Å²) < 4.78 is 26.5. The SMILES string of the molecule is CC[C@@H](C(=O)NC1CCCCC1)N(Cc1ccccc1C)C(=O)CN(c1ccc(Cl)cc1Cl)S(C)(=O)=O. The third kappa shape index (κ3) is 7.85. The Labute approximate surface area is 230 Å². The van der Waals surface area contributed by atoms with E-state index in [1.807, 2.05) is 38.1 Å². The molecule has 2 aromatic rings. The van der Waals surface area contributed by atoms with E-state index in [9.17, 15) is 18.0 Å². The van der Waals surface area contributed by atoms with Gasteiger partial charge in [0.1, 0.15) is 12.6 Å². The molecule has 0 aliphatic heterocycles. The molecule has 3 rings (SSSR count). The average molecular weight is 569 g/mol. The van der Waals surface area contributed by atoms with Crippen molar-refractivity contribution in [2.45, 2.75) is 71.0 Å². The van der Waals surface area contributed by atoms with Crippen LogP contribution in [0.2, 0.25) is 10.0 Å². The minimum Gasteiger partial charge on any atom is -0.352 e. The van der Waals surface area contributed by atoms with Gasteiger partial charge in [-0.15, -0.1) is 0 Å². The van der Waals surface area contributed by atoms with Gasteiger partial charge in [0, 0.05) is 17.6 Å². The summed E-state index contributed by atoms with van der Waals surface area (Å²) >= 11 is 12.3. The molecule has 1 atom stereocenters. The molecule has 0 spiro atoms. The number of hydrogen-bond donors (Lipinski definition) is 1. The van der Waals surface area contributed by atoms with Gasteiger partial charge in [0.05, 0.1) is 17.0 Å². The predicted octanol–water partition coefficient (Wildman–Crippen LogP) is 5.32. The third-order valence-electron chi connectivity index (χ3n) is 6.80. The minimum absolute atomic E-state index is 0.0890. The number of amides is 2. The second-order valence-electron chi connectivity index (χ2n) is 9.58. The van der Waals surface area contributed by atoms with Crippen molar-refractivity contribution in [1.82, 2.24) is 10.2 Å². The predicted molar refractivity (Wildman–Crippen MR) is 149 cm³/mol. The van der Waals surface area contributed by atoms with Crippen molar-refractivity contribution in [1.29, 1.82) is 0 Å². The van der Waals surface area contributed by atoms with Crippen LogP contribution in [0.25, 0.3) is 0 Å². The number of benzene rings is 2. The van der Waals surface area contributed by atoms with Crippen molar-refractivity contribution in [2.75, 3.05) is 17.1 Å². The normalized spacial score (nSPS) is 15.2. The van der Waals surface area contributed by atoms with Gasteiger partial charge in [-0.25, -0.2) is 8.42 Å². The minimum atomic E-state index is -3.88. The van der Waals surface area contributed by atoms with Gasteiger partial charge in [-0.05, 0) is 55.5 Å². The van der Waals surface area contributed by atoms with Crippen LogP contribution in [0.1, 0.15) is 56.6 Å². The molecule has 0 unspecified atom stereocenters. The summed E-state index contributed by atoms with van der Waals surface area (Å²) in [4.78, 5) is 28.8. The fourth-order valence-corrected chi connectivity index (χ4v) is 6.14. The van der Waals surface area contributed by atoms with Gasteiger partial charge in [-0.2, -0.15) is 0 Å². The Morgan fingerprint density at radius 1 is 1.08 bits per heavy atom. The van der Waals surface area contributed by atoms with Gasteiger partial charge in [-0.3, -0.25) is 13.9 Å². The zero-order valence-corrected chi connectivity index (χ0v) is 23.9. The van der Waals surface area contributed by atoms with Crippen LogP contribution >= 0.6 is 23.2 Å². The van der Waals surface area contributed by atoms with Crippen LogP contribution in [0.4, 0.5) is 5.69 Å². The van der Waals surface area contributed by atoms with Gasteiger partial charge in [0.2, 0.25) is 21.8 Å². The van der Waals surface area contributed by atoms with Gasteiger partial charge < -0.3 is 10.2 Å². The van der Waals surface area contributed by atoms with Crippen molar-refractivity contribution in [3.63, 3.8) is 0 Å². The number of sulfonamides is 1. The second kappa shape index (κ2) is 13.0.